The van der Waals surface area contributed by atoms with Crippen LogP contribution in [0.1, 0.15) is 5.69 Å². The number of rotatable bonds is 3. The van der Waals surface area contributed by atoms with Crippen LogP contribution >= 0.6 is 0 Å². The highest BCUT2D eigenvalue weighted by molar-refractivity contribution is 5.37. The van der Waals surface area contributed by atoms with Gasteiger partial charge in [-0.2, -0.15) is 0 Å². The van der Waals surface area contributed by atoms with E-state index in [1.54, 1.807) is 36.1 Å². The molecule has 0 amide bonds. The molecule has 84 valence electrons. The summed E-state index contributed by atoms with van der Waals surface area (Å²) in [5.74, 6) is 0.740. The maximum Gasteiger partial charge on any atom is 0.264 e. The summed E-state index contributed by atoms with van der Waals surface area (Å²) in [6.07, 6.45) is 0. The van der Waals surface area contributed by atoms with Crippen molar-refractivity contribution >= 4 is 0 Å². The quantitative estimate of drug-likeness (QED) is 0.798. The van der Waals surface area contributed by atoms with Gasteiger partial charge in [-0.3, -0.25) is 14.6 Å². The van der Waals surface area contributed by atoms with Gasteiger partial charge in [-0.1, -0.05) is 0 Å². The molecule has 2 rings (SSSR count). The van der Waals surface area contributed by atoms with Crippen molar-refractivity contribution < 1.29 is 9.84 Å². The maximum absolute atomic E-state index is 11.2. The first-order chi connectivity index (χ1) is 7.74. The molecule has 2 N–H and O–H groups in total. The highest BCUT2D eigenvalue weighted by atomic mass is 16.5. The molecule has 0 spiro atoms. The van der Waals surface area contributed by atoms with Gasteiger partial charge in [0.2, 0.25) is 0 Å². The third kappa shape index (κ3) is 1.85. The fraction of sp³-hybridized carbons (Fsp3) is 0.182. The van der Waals surface area contributed by atoms with E-state index in [4.69, 9.17) is 9.84 Å². The zero-order chi connectivity index (χ0) is 11.5. The zero-order valence-electron chi connectivity index (χ0n) is 8.80. The van der Waals surface area contributed by atoms with Crippen molar-refractivity contribution in [2.24, 2.45) is 0 Å². The van der Waals surface area contributed by atoms with Gasteiger partial charge in [0.25, 0.3) is 5.56 Å². The zero-order valence-corrected chi connectivity index (χ0v) is 8.80. The fourth-order valence-electron chi connectivity index (χ4n) is 1.51. The van der Waals surface area contributed by atoms with Crippen LogP contribution in [0.15, 0.2) is 35.1 Å². The molecule has 1 aromatic carbocycles. The number of nitrogens with zero attached hydrogens (tertiary/aromatic N) is 1. The van der Waals surface area contributed by atoms with Crippen LogP contribution < -0.4 is 10.3 Å². The second-order valence-electron chi connectivity index (χ2n) is 3.30. The SMILES string of the molecule is COc1ccc(-n2[nH]c(=O)cc2CO)cc1. The predicted molar refractivity (Wildman–Crippen MR) is 58.9 cm³/mol. The van der Waals surface area contributed by atoms with Crippen LogP contribution in [0.2, 0.25) is 0 Å². The Bertz CT molecular complexity index is 525. The van der Waals surface area contributed by atoms with Gasteiger partial charge < -0.3 is 9.84 Å². The molecule has 0 unspecified atom stereocenters. The Morgan fingerprint density at radius 1 is 1.38 bits per heavy atom. The number of ether oxygens (including phenoxy) is 1. The summed E-state index contributed by atoms with van der Waals surface area (Å²) in [5.41, 5.74) is 1.06. The van der Waals surface area contributed by atoms with Gasteiger partial charge in [0.05, 0.1) is 25.1 Å². The average molecular weight is 220 g/mol. The van der Waals surface area contributed by atoms with E-state index in [1.165, 1.54) is 6.07 Å². The number of methoxy groups -OCH3 is 1. The molecule has 0 aliphatic carbocycles. The van der Waals surface area contributed by atoms with E-state index < -0.39 is 0 Å². The number of aromatic amines is 1. The normalized spacial score (nSPS) is 10.4. The Kier molecular flexibility index (Phi) is 2.78. The Morgan fingerprint density at radius 2 is 2.06 bits per heavy atom. The summed E-state index contributed by atoms with van der Waals surface area (Å²) >= 11 is 0. The number of aliphatic hydroxyl groups is 1. The number of hydrogen-bond donors (Lipinski definition) is 2. The first kappa shape index (κ1) is 10.5. The van der Waals surface area contributed by atoms with Crippen LogP contribution in [0.4, 0.5) is 0 Å². The summed E-state index contributed by atoms with van der Waals surface area (Å²) in [5, 5.41) is 11.7. The number of H-pyrrole nitrogens is 1. The van der Waals surface area contributed by atoms with Gasteiger partial charge >= 0.3 is 0 Å². The maximum atomic E-state index is 11.2. The van der Waals surface area contributed by atoms with Crippen LogP contribution in [-0.2, 0) is 6.61 Å². The summed E-state index contributed by atoms with van der Waals surface area (Å²) in [7, 11) is 1.59. The number of aromatic nitrogens is 2. The number of hydrogen-bond acceptors (Lipinski definition) is 3. The van der Waals surface area contributed by atoms with Crippen molar-refractivity contribution in [3.8, 4) is 11.4 Å². The fourth-order valence-corrected chi connectivity index (χ4v) is 1.51. The summed E-state index contributed by atoms with van der Waals surface area (Å²) in [6, 6.07) is 8.54. The molecule has 5 heteroatoms. The lowest BCUT2D eigenvalue weighted by Gasteiger charge is -2.07. The number of benzene rings is 1. The van der Waals surface area contributed by atoms with Crippen LogP contribution in [0.25, 0.3) is 5.69 Å². The lowest BCUT2D eigenvalue weighted by molar-refractivity contribution is 0.273. The number of aliphatic hydroxyl groups excluding tert-OH is 1. The minimum absolute atomic E-state index is 0.190. The Balaban J connectivity index is 2.45. The monoisotopic (exact) mass is 220 g/mol. The average Bonchev–Trinajstić information content (AvgIpc) is 2.70. The summed E-state index contributed by atoms with van der Waals surface area (Å²) in [6.45, 7) is -0.190. The van der Waals surface area contributed by atoms with Crippen molar-refractivity contribution in [1.29, 1.82) is 0 Å². The Hall–Kier alpha value is -2.01. The van der Waals surface area contributed by atoms with E-state index in [1.807, 2.05) is 0 Å². The smallest absolute Gasteiger partial charge is 0.264 e. The van der Waals surface area contributed by atoms with Crippen LogP contribution in [0.3, 0.4) is 0 Å². The largest absolute Gasteiger partial charge is 0.497 e. The third-order valence-corrected chi connectivity index (χ3v) is 2.30. The molecule has 1 heterocycles. The molecular weight excluding hydrogens is 208 g/mol. The topological polar surface area (TPSA) is 67.2 Å². The minimum atomic E-state index is -0.236. The molecule has 0 saturated carbocycles. The first-order valence-electron chi connectivity index (χ1n) is 4.81. The Labute approximate surface area is 91.9 Å². The van der Waals surface area contributed by atoms with Crippen molar-refractivity contribution in [1.82, 2.24) is 9.78 Å². The lowest BCUT2D eigenvalue weighted by Crippen LogP contribution is -2.05. The molecule has 0 atom stereocenters. The van der Waals surface area contributed by atoms with Crippen molar-refractivity contribution in [2.45, 2.75) is 6.61 Å². The molecule has 0 bridgehead atoms. The van der Waals surface area contributed by atoms with Gasteiger partial charge in [-0.05, 0) is 24.3 Å². The van der Waals surface area contributed by atoms with E-state index in [0.717, 1.165) is 11.4 Å². The molecular formula is C11H12N2O3. The van der Waals surface area contributed by atoms with Gasteiger partial charge in [0, 0.05) is 6.07 Å². The molecule has 0 aliphatic heterocycles. The molecule has 5 nitrogen and oxygen atoms in total. The van der Waals surface area contributed by atoms with E-state index in [2.05, 4.69) is 5.10 Å². The van der Waals surface area contributed by atoms with Gasteiger partial charge in [0.15, 0.2) is 0 Å². The predicted octanol–water partition coefficient (Wildman–Crippen LogP) is 0.666. The molecule has 2 aromatic rings. The third-order valence-electron chi connectivity index (χ3n) is 2.30. The van der Waals surface area contributed by atoms with E-state index in [0.29, 0.717) is 5.69 Å². The van der Waals surface area contributed by atoms with Gasteiger partial charge in [-0.15, -0.1) is 0 Å². The second-order valence-corrected chi connectivity index (χ2v) is 3.30. The Morgan fingerprint density at radius 3 is 2.62 bits per heavy atom. The second kappa shape index (κ2) is 4.24. The standard InChI is InChI=1S/C11H12N2O3/c1-16-10-4-2-8(3-5-10)13-9(7-14)6-11(15)12-13/h2-6,14H,7H2,1H3,(H,12,15). The first-order valence-corrected chi connectivity index (χ1v) is 4.81. The highest BCUT2D eigenvalue weighted by Gasteiger charge is 2.05. The van der Waals surface area contributed by atoms with E-state index in [9.17, 15) is 4.79 Å². The van der Waals surface area contributed by atoms with E-state index >= 15 is 0 Å². The summed E-state index contributed by atoms with van der Waals surface area (Å²) in [4.78, 5) is 11.2. The summed E-state index contributed by atoms with van der Waals surface area (Å²) < 4.78 is 6.58. The molecule has 16 heavy (non-hydrogen) atoms. The lowest BCUT2D eigenvalue weighted by atomic mass is 10.3. The van der Waals surface area contributed by atoms with Crippen LogP contribution in [0, 0.1) is 0 Å². The molecule has 0 fully saturated rings. The van der Waals surface area contributed by atoms with Crippen LogP contribution in [-0.4, -0.2) is 22.0 Å². The molecule has 0 saturated heterocycles. The van der Waals surface area contributed by atoms with Crippen LogP contribution in [0.5, 0.6) is 5.75 Å². The van der Waals surface area contributed by atoms with Crippen molar-refractivity contribution in [2.75, 3.05) is 7.11 Å². The number of nitrogens with one attached hydrogen (secondary N) is 1. The van der Waals surface area contributed by atoms with Gasteiger partial charge in [-0.25, -0.2) is 0 Å². The molecule has 0 radical (unpaired) electrons. The minimum Gasteiger partial charge on any atom is -0.497 e. The van der Waals surface area contributed by atoms with E-state index in [-0.39, 0.29) is 12.2 Å². The van der Waals surface area contributed by atoms with Gasteiger partial charge in [0.1, 0.15) is 5.75 Å². The van der Waals surface area contributed by atoms with Crippen molar-refractivity contribution in [3.63, 3.8) is 0 Å². The highest BCUT2D eigenvalue weighted by Crippen LogP contribution is 2.15. The molecule has 0 aliphatic rings. The molecule has 1 aromatic heterocycles. The van der Waals surface area contributed by atoms with Crippen molar-refractivity contribution in [3.05, 3.63) is 46.4 Å².